The van der Waals surface area contributed by atoms with E-state index in [1.165, 1.54) is 12.5 Å². The van der Waals surface area contributed by atoms with Gasteiger partial charge in [0, 0.05) is 25.0 Å². The number of nitrogens with zero attached hydrogens (tertiary/aromatic N) is 1. The van der Waals surface area contributed by atoms with E-state index in [9.17, 15) is 9.90 Å². The summed E-state index contributed by atoms with van der Waals surface area (Å²) in [4.78, 5) is 15.6. The van der Waals surface area contributed by atoms with Gasteiger partial charge in [0.15, 0.2) is 0 Å². The van der Waals surface area contributed by atoms with E-state index in [4.69, 9.17) is 0 Å². The first-order valence-electron chi connectivity index (χ1n) is 6.76. The molecule has 0 radical (unpaired) electrons. The zero-order valence-corrected chi connectivity index (χ0v) is 11.0. The van der Waals surface area contributed by atoms with Gasteiger partial charge in [-0.25, -0.2) is 0 Å². The van der Waals surface area contributed by atoms with Gasteiger partial charge in [0.2, 0.25) is 5.91 Å². The normalized spacial score (nSPS) is 18.4. The molecule has 1 aliphatic carbocycles. The number of aromatic nitrogens is 1. The first kappa shape index (κ1) is 13.7. The molecule has 1 aromatic rings. The second-order valence-corrected chi connectivity index (χ2v) is 5.12. The van der Waals surface area contributed by atoms with Gasteiger partial charge in [0.25, 0.3) is 0 Å². The third-order valence-electron chi connectivity index (χ3n) is 3.49. The lowest BCUT2D eigenvalue weighted by molar-refractivity contribution is -0.118. The molecule has 1 heterocycles. The highest BCUT2D eigenvalue weighted by atomic mass is 16.3. The Bertz CT molecular complexity index is 437. The van der Waals surface area contributed by atoms with Gasteiger partial charge >= 0.3 is 0 Å². The Balaban J connectivity index is 1.80. The Kier molecular flexibility index (Phi) is 4.68. The van der Waals surface area contributed by atoms with Gasteiger partial charge in [-0.1, -0.05) is 25.3 Å². The molecule has 102 valence electrons. The molecule has 1 amide bonds. The molecule has 0 bridgehead atoms. The standard InChI is InChI=1S/C15H20N2O2/c18-14(7-6-13-5-4-10-16-11-13)17-12-15(19)8-2-1-3-9-15/h4-7,10-11,19H,1-3,8-9,12H2,(H,17,18). The van der Waals surface area contributed by atoms with Crippen LogP contribution in [0.3, 0.4) is 0 Å². The van der Waals surface area contributed by atoms with Gasteiger partial charge in [-0.15, -0.1) is 0 Å². The molecule has 19 heavy (non-hydrogen) atoms. The minimum absolute atomic E-state index is 0.178. The second-order valence-electron chi connectivity index (χ2n) is 5.12. The Morgan fingerprint density at radius 1 is 1.42 bits per heavy atom. The summed E-state index contributed by atoms with van der Waals surface area (Å²) < 4.78 is 0. The molecular weight excluding hydrogens is 240 g/mol. The average Bonchev–Trinajstić information content (AvgIpc) is 2.45. The van der Waals surface area contributed by atoms with Gasteiger partial charge < -0.3 is 10.4 Å². The van der Waals surface area contributed by atoms with Crippen LogP contribution in [-0.4, -0.2) is 28.1 Å². The predicted octanol–water partition coefficient (Wildman–Crippen LogP) is 1.91. The van der Waals surface area contributed by atoms with Gasteiger partial charge in [-0.05, 0) is 30.5 Å². The van der Waals surface area contributed by atoms with E-state index in [0.29, 0.717) is 6.54 Å². The fraction of sp³-hybridized carbons (Fsp3) is 0.467. The lowest BCUT2D eigenvalue weighted by Gasteiger charge is -2.31. The topological polar surface area (TPSA) is 62.2 Å². The summed E-state index contributed by atoms with van der Waals surface area (Å²) in [6, 6.07) is 3.70. The molecule has 1 aromatic heterocycles. The fourth-order valence-corrected chi connectivity index (χ4v) is 2.34. The largest absolute Gasteiger partial charge is 0.388 e. The third kappa shape index (κ3) is 4.48. The van der Waals surface area contributed by atoms with Crippen LogP contribution in [-0.2, 0) is 4.79 Å². The van der Waals surface area contributed by atoms with E-state index in [1.54, 1.807) is 18.5 Å². The van der Waals surface area contributed by atoms with Gasteiger partial charge in [-0.2, -0.15) is 0 Å². The summed E-state index contributed by atoms with van der Waals surface area (Å²) >= 11 is 0. The van der Waals surface area contributed by atoms with Gasteiger partial charge in [0.05, 0.1) is 5.60 Å². The first-order valence-corrected chi connectivity index (χ1v) is 6.76. The molecule has 0 aromatic carbocycles. The Labute approximate surface area is 113 Å². The molecule has 1 fully saturated rings. The highest BCUT2D eigenvalue weighted by Crippen LogP contribution is 2.27. The zero-order chi connectivity index (χ0) is 13.6. The molecule has 2 N–H and O–H groups in total. The van der Waals surface area contributed by atoms with Crippen LogP contribution in [0.5, 0.6) is 0 Å². The highest BCUT2D eigenvalue weighted by Gasteiger charge is 2.29. The third-order valence-corrected chi connectivity index (χ3v) is 3.49. The van der Waals surface area contributed by atoms with Crippen LogP contribution in [0.2, 0.25) is 0 Å². The first-order chi connectivity index (χ1) is 9.18. The van der Waals surface area contributed by atoms with Crippen LogP contribution in [0, 0.1) is 0 Å². The average molecular weight is 260 g/mol. The molecule has 0 saturated heterocycles. The minimum atomic E-state index is -0.712. The van der Waals surface area contributed by atoms with Crippen LogP contribution in [0.15, 0.2) is 30.6 Å². The molecule has 1 aliphatic rings. The van der Waals surface area contributed by atoms with Crippen molar-refractivity contribution in [1.82, 2.24) is 10.3 Å². The molecule has 1 saturated carbocycles. The van der Waals surface area contributed by atoms with Crippen molar-refractivity contribution in [3.8, 4) is 0 Å². The lowest BCUT2D eigenvalue weighted by atomic mass is 9.85. The summed E-state index contributed by atoms with van der Waals surface area (Å²) in [5, 5.41) is 13.0. The van der Waals surface area contributed by atoms with E-state index in [-0.39, 0.29) is 5.91 Å². The quantitative estimate of drug-likeness (QED) is 0.813. The Morgan fingerprint density at radius 2 is 2.21 bits per heavy atom. The summed E-state index contributed by atoms with van der Waals surface area (Å²) in [5.41, 5.74) is 0.171. The smallest absolute Gasteiger partial charge is 0.244 e. The predicted molar refractivity (Wildman–Crippen MR) is 74.3 cm³/mol. The minimum Gasteiger partial charge on any atom is -0.388 e. The SMILES string of the molecule is O=C(C=Cc1cccnc1)NCC1(O)CCCCC1. The molecule has 0 unspecified atom stereocenters. The van der Waals surface area contributed by atoms with Gasteiger partial charge in [-0.3, -0.25) is 9.78 Å². The molecule has 0 atom stereocenters. The van der Waals surface area contributed by atoms with Crippen LogP contribution < -0.4 is 5.32 Å². The van der Waals surface area contributed by atoms with E-state index >= 15 is 0 Å². The van der Waals surface area contributed by atoms with E-state index in [2.05, 4.69) is 10.3 Å². The van der Waals surface area contributed by atoms with E-state index in [1.807, 2.05) is 12.1 Å². The van der Waals surface area contributed by atoms with Crippen LogP contribution in [0.1, 0.15) is 37.7 Å². The number of pyridine rings is 1. The van der Waals surface area contributed by atoms with Gasteiger partial charge in [0.1, 0.15) is 0 Å². The number of carbonyl (C=O) groups is 1. The maximum Gasteiger partial charge on any atom is 0.244 e. The van der Waals surface area contributed by atoms with Crippen LogP contribution in [0.4, 0.5) is 0 Å². The number of hydrogen-bond acceptors (Lipinski definition) is 3. The van der Waals surface area contributed by atoms with Crippen LogP contribution >= 0.6 is 0 Å². The zero-order valence-electron chi connectivity index (χ0n) is 11.0. The monoisotopic (exact) mass is 260 g/mol. The van der Waals surface area contributed by atoms with Crippen molar-refractivity contribution < 1.29 is 9.90 Å². The van der Waals surface area contributed by atoms with Crippen molar-refractivity contribution in [3.05, 3.63) is 36.2 Å². The number of amides is 1. The molecule has 0 aliphatic heterocycles. The summed E-state index contributed by atoms with van der Waals surface area (Å²) in [6.45, 7) is 0.337. The van der Waals surface area contributed by atoms with Crippen molar-refractivity contribution in [2.45, 2.75) is 37.7 Å². The van der Waals surface area contributed by atoms with Crippen molar-refractivity contribution in [3.63, 3.8) is 0 Å². The number of nitrogens with one attached hydrogen (secondary N) is 1. The highest BCUT2D eigenvalue weighted by molar-refractivity contribution is 5.91. The molecule has 2 rings (SSSR count). The number of rotatable bonds is 4. The maximum absolute atomic E-state index is 11.7. The molecule has 4 heteroatoms. The molecule has 4 nitrogen and oxygen atoms in total. The van der Waals surface area contributed by atoms with E-state index < -0.39 is 5.60 Å². The summed E-state index contributed by atoms with van der Waals surface area (Å²) in [7, 11) is 0. The summed E-state index contributed by atoms with van der Waals surface area (Å²) in [5.74, 6) is -0.178. The lowest BCUT2D eigenvalue weighted by Crippen LogP contribution is -2.43. The Hall–Kier alpha value is -1.68. The van der Waals surface area contributed by atoms with Crippen molar-refractivity contribution in [2.75, 3.05) is 6.54 Å². The molecule has 0 spiro atoms. The second kappa shape index (κ2) is 6.48. The van der Waals surface area contributed by atoms with Crippen molar-refractivity contribution >= 4 is 12.0 Å². The van der Waals surface area contributed by atoms with E-state index in [0.717, 1.165) is 31.2 Å². The Morgan fingerprint density at radius 3 is 2.89 bits per heavy atom. The van der Waals surface area contributed by atoms with Crippen LogP contribution in [0.25, 0.3) is 6.08 Å². The summed E-state index contributed by atoms with van der Waals surface area (Å²) in [6.07, 6.45) is 11.4. The number of carbonyl (C=O) groups excluding carboxylic acids is 1. The van der Waals surface area contributed by atoms with Crippen molar-refractivity contribution in [1.29, 1.82) is 0 Å². The van der Waals surface area contributed by atoms with Crippen molar-refractivity contribution in [2.24, 2.45) is 0 Å². The fourth-order valence-electron chi connectivity index (χ4n) is 2.34. The number of aliphatic hydroxyl groups is 1. The number of hydrogen-bond donors (Lipinski definition) is 2. The maximum atomic E-state index is 11.7. The molecular formula is C15H20N2O2.